The lowest BCUT2D eigenvalue weighted by atomic mass is 9.84. The number of hydrogen-bond donors (Lipinski definition) is 1. The summed E-state index contributed by atoms with van der Waals surface area (Å²) in [5.74, 6) is 0.817. The van der Waals surface area contributed by atoms with Gasteiger partial charge in [-0.15, -0.1) is 0 Å². The molecule has 0 radical (unpaired) electrons. The molecule has 1 aliphatic carbocycles. The number of nitrogen functional groups attached to an aromatic ring is 1. The first-order valence-corrected chi connectivity index (χ1v) is 7.10. The fourth-order valence-electron chi connectivity index (χ4n) is 2.85. The predicted molar refractivity (Wildman–Crippen MR) is 76.8 cm³/mol. The van der Waals surface area contributed by atoms with Gasteiger partial charge in [0.15, 0.2) is 0 Å². The van der Waals surface area contributed by atoms with Crippen molar-refractivity contribution in [3.05, 3.63) is 24.0 Å². The summed E-state index contributed by atoms with van der Waals surface area (Å²) in [6.45, 7) is 2.25. The fourth-order valence-corrected chi connectivity index (χ4v) is 2.85. The van der Waals surface area contributed by atoms with Crippen LogP contribution in [0, 0.1) is 5.92 Å². The summed E-state index contributed by atoms with van der Waals surface area (Å²) in [6, 6.07) is 3.69. The van der Waals surface area contributed by atoms with E-state index in [1.807, 2.05) is 11.9 Å². The second-order valence-electron chi connectivity index (χ2n) is 5.47. The van der Waals surface area contributed by atoms with Gasteiger partial charge in [0.1, 0.15) is 5.69 Å². The number of amides is 1. The van der Waals surface area contributed by atoms with Gasteiger partial charge in [-0.05, 0) is 43.7 Å². The summed E-state index contributed by atoms with van der Waals surface area (Å²) in [5.41, 5.74) is 6.73. The van der Waals surface area contributed by atoms with Gasteiger partial charge in [-0.25, -0.2) is 0 Å². The Bertz CT molecular complexity index is 439. The van der Waals surface area contributed by atoms with E-state index in [2.05, 4.69) is 11.9 Å². The molecule has 1 aliphatic rings. The Morgan fingerprint density at radius 3 is 2.68 bits per heavy atom. The van der Waals surface area contributed by atoms with Crippen LogP contribution in [0.15, 0.2) is 18.3 Å². The first-order valence-electron chi connectivity index (χ1n) is 7.10. The van der Waals surface area contributed by atoms with Gasteiger partial charge in [0.2, 0.25) is 0 Å². The molecule has 1 amide bonds. The molecule has 0 unspecified atom stereocenters. The van der Waals surface area contributed by atoms with Gasteiger partial charge in [-0.1, -0.05) is 13.3 Å². The molecule has 1 aromatic rings. The van der Waals surface area contributed by atoms with Crippen LogP contribution in [-0.2, 0) is 0 Å². The van der Waals surface area contributed by atoms with E-state index in [0.717, 1.165) is 18.8 Å². The van der Waals surface area contributed by atoms with E-state index in [9.17, 15) is 4.79 Å². The highest BCUT2D eigenvalue weighted by molar-refractivity contribution is 5.93. The smallest absolute Gasteiger partial charge is 0.272 e. The molecule has 104 valence electrons. The highest BCUT2D eigenvalue weighted by atomic mass is 16.2. The third-order valence-electron chi connectivity index (χ3n) is 4.26. The quantitative estimate of drug-likeness (QED) is 0.910. The Kier molecular flexibility index (Phi) is 4.40. The zero-order chi connectivity index (χ0) is 13.8. The number of carbonyl (C=O) groups is 1. The molecule has 2 rings (SSSR count). The zero-order valence-corrected chi connectivity index (χ0v) is 11.8. The van der Waals surface area contributed by atoms with Gasteiger partial charge in [0, 0.05) is 25.0 Å². The molecule has 0 aliphatic heterocycles. The molecule has 1 aromatic heterocycles. The monoisotopic (exact) mass is 261 g/mol. The van der Waals surface area contributed by atoms with Crippen molar-refractivity contribution in [2.75, 3.05) is 12.8 Å². The van der Waals surface area contributed by atoms with Gasteiger partial charge in [-0.2, -0.15) is 0 Å². The molecule has 4 nitrogen and oxygen atoms in total. The lowest BCUT2D eigenvalue weighted by molar-refractivity contribution is 0.0669. The zero-order valence-electron chi connectivity index (χ0n) is 11.8. The van der Waals surface area contributed by atoms with Crippen molar-refractivity contribution in [3.63, 3.8) is 0 Å². The Labute approximate surface area is 115 Å². The minimum absolute atomic E-state index is 0.0211. The molecule has 1 fully saturated rings. The Morgan fingerprint density at radius 1 is 1.42 bits per heavy atom. The molecule has 0 spiro atoms. The van der Waals surface area contributed by atoms with Gasteiger partial charge in [0.05, 0.1) is 0 Å². The Morgan fingerprint density at radius 2 is 2.11 bits per heavy atom. The van der Waals surface area contributed by atoms with E-state index < -0.39 is 0 Å². The maximum atomic E-state index is 12.4. The first-order chi connectivity index (χ1) is 9.11. The Balaban J connectivity index is 2.00. The van der Waals surface area contributed by atoms with Crippen LogP contribution in [0.25, 0.3) is 0 Å². The van der Waals surface area contributed by atoms with Crippen molar-refractivity contribution in [2.24, 2.45) is 5.92 Å². The van der Waals surface area contributed by atoms with Crippen molar-refractivity contribution in [1.82, 2.24) is 9.88 Å². The van der Waals surface area contributed by atoms with Crippen molar-refractivity contribution < 1.29 is 4.79 Å². The minimum Gasteiger partial charge on any atom is -0.399 e. The van der Waals surface area contributed by atoms with Crippen LogP contribution < -0.4 is 5.73 Å². The molecule has 0 saturated heterocycles. The number of nitrogens with two attached hydrogens (primary N) is 1. The maximum absolute atomic E-state index is 12.4. The van der Waals surface area contributed by atoms with Crippen molar-refractivity contribution >= 4 is 11.6 Å². The van der Waals surface area contributed by atoms with Crippen LogP contribution in [0.1, 0.15) is 49.5 Å². The van der Waals surface area contributed by atoms with Crippen LogP contribution in [0.2, 0.25) is 0 Å². The molecule has 19 heavy (non-hydrogen) atoms. The molecular formula is C15H23N3O. The number of nitrogens with zero attached hydrogens (tertiary/aromatic N) is 2. The number of rotatable bonds is 3. The number of pyridine rings is 1. The van der Waals surface area contributed by atoms with Crippen molar-refractivity contribution in [1.29, 1.82) is 0 Å². The highest BCUT2D eigenvalue weighted by Crippen LogP contribution is 2.29. The van der Waals surface area contributed by atoms with E-state index in [1.54, 1.807) is 18.3 Å². The van der Waals surface area contributed by atoms with E-state index in [4.69, 9.17) is 5.73 Å². The van der Waals surface area contributed by atoms with Crippen LogP contribution in [0.5, 0.6) is 0 Å². The van der Waals surface area contributed by atoms with Gasteiger partial charge in [-0.3, -0.25) is 9.78 Å². The lowest BCUT2D eigenvalue weighted by Gasteiger charge is -2.34. The second-order valence-corrected chi connectivity index (χ2v) is 5.47. The first kappa shape index (κ1) is 13.8. The minimum atomic E-state index is -0.0211. The van der Waals surface area contributed by atoms with E-state index in [-0.39, 0.29) is 5.91 Å². The summed E-state index contributed by atoms with van der Waals surface area (Å²) in [4.78, 5) is 18.3. The third-order valence-corrected chi connectivity index (χ3v) is 4.26. The van der Waals surface area contributed by atoms with Gasteiger partial charge in [0.25, 0.3) is 5.91 Å². The number of carbonyl (C=O) groups excluding carboxylic acids is 1. The standard InChI is InChI=1S/C15H23N3O/c1-3-11-4-6-13(7-5-11)18(2)15(19)14-10-12(16)8-9-17-14/h8-11,13H,3-7H2,1-2H3,(H2,16,17). The lowest BCUT2D eigenvalue weighted by Crippen LogP contribution is -2.39. The van der Waals surface area contributed by atoms with Crippen molar-refractivity contribution in [2.45, 2.75) is 45.1 Å². The maximum Gasteiger partial charge on any atom is 0.272 e. The Hall–Kier alpha value is -1.58. The van der Waals surface area contributed by atoms with E-state index >= 15 is 0 Å². The summed E-state index contributed by atoms with van der Waals surface area (Å²) in [7, 11) is 1.88. The van der Waals surface area contributed by atoms with Crippen LogP contribution in [0.3, 0.4) is 0 Å². The van der Waals surface area contributed by atoms with Crippen LogP contribution in [0.4, 0.5) is 5.69 Å². The van der Waals surface area contributed by atoms with Crippen LogP contribution in [-0.4, -0.2) is 28.9 Å². The highest BCUT2D eigenvalue weighted by Gasteiger charge is 2.26. The molecular weight excluding hydrogens is 238 g/mol. The molecule has 1 heterocycles. The third kappa shape index (κ3) is 3.25. The summed E-state index contributed by atoms with van der Waals surface area (Å²) >= 11 is 0. The normalized spacial score (nSPS) is 23.1. The van der Waals surface area contributed by atoms with Gasteiger partial charge < -0.3 is 10.6 Å². The van der Waals surface area contributed by atoms with Crippen molar-refractivity contribution in [3.8, 4) is 0 Å². The largest absolute Gasteiger partial charge is 0.399 e. The molecule has 4 heteroatoms. The molecule has 0 atom stereocenters. The fraction of sp³-hybridized carbons (Fsp3) is 0.600. The summed E-state index contributed by atoms with van der Waals surface area (Å²) < 4.78 is 0. The average molecular weight is 261 g/mol. The van der Waals surface area contributed by atoms with E-state index in [1.165, 1.54) is 19.3 Å². The molecule has 0 bridgehead atoms. The predicted octanol–water partition coefficient (Wildman–Crippen LogP) is 2.70. The molecule has 0 aromatic carbocycles. The summed E-state index contributed by atoms with van der Waals surface area (Å²) in [5, 5.41) is 0. The topological polar surface area (TPSA) is 59.2 Å². The number of anilines is 1. The number of aromatic nitrogens is 1. The second kappa shape index (κ2) is 6.04. The number of hydrogen-bond acceptors (Lipinski definition) is 3. The SMILES string of the molecule is CCC1CCC(N(C)C(=O)c2cc(N)ccn2)CC1. The summed E-state index contributed by atoms with van der Waals surface area (Å²) in [6.07, 6.45) is 7.49. The van der Waals surface area contributed by atoms with Gasteiger partial charge >= 0.3 is 0 Å². The van der Waals surface area contributed by atoms with Crippen LogP contribution >= 0.6 is 0 Å². The molecule has 2 N–H and O–H groups in total. The van der Waals surface area contributed by atoms with E-state index in [0.29, 0.717) is 17.4 Å². The average Bonchev–Trinajstić information content (AvgIpc) is 2.46. The molecule has 1 saturated carbocycles.